The Morgan fingerprint density at radius 1 is 1.27 bits per heavy atom. The third-order valence-electron chi connectivity index (χ3n) is 3.92. The number of rotatable bonds is 7. The second kappa shape index (κ2) is 7.24. The molecule has 0 spiro atoms. The van der Waals surface area contributed by atoms with Gasteiger partial charge in [0, 0.05) is 25.2 Å². The fourth-order valence-corrected chi connectivity index (χ4v) is 3.82. The number of benzene rings is 1. The summed E-state index contributed by atoms with van der Waals surface area (Å²) in [6.07, 6.45) is 4.34. The molecule has 1 aliphatic heterocycles. The largest absolute Gasteiger partial charge is 0.312 e. The minimum absolute atomic E-state index is 0.108. The molecular weight excluding hydrogens is 300 g/mol. The van der Waals surface area contributed by atoms with Gasteiger partial charge in [-0.3, -0.25) is 4.79 Å². The minimum Gasteiger partial charge on any atom is -0.312 e. The lowest BCUT2D eigenvalue weighted by atomic mass is 10.2. The van der Waals surface area contributed by atoms with Crippen LogP contribution in [0.4, 0.5) is 5.69 Å². The highest BCUT2D eigenvalue weighted by molar-refractivity contribution is 7.89. The van der Waals surface area contributed by atoms with Crippen LogP contribution in [0.5, 0.6) is 0 Å². The lowest BCUT2D eigenvalue weighted by Gasteiger charge is -2.19. The van der Waals surface area contributed by atoms with Crippen molar-refractivity contribution < 1.29 is 13.2 Å². The van der Waals surface area contributed by atoms with Gasteiger partial charge in [-0.1, -0.05) is 19.8 Å². The summed E-state index contributed by atoms with van der Waals surface area (Å²) in [5.41, 5.74) is 1.62. The van der Waals surface area contributed by atoms with E-state index in [9.17, 15) is 13.2 Å². The summed E-state index contributed by atoms with van der Waals surface area (Å²) in [6.45, 7) is 5.09. The number of hydrogen-bond donors (Lipinski definition) is 1. The maximum Gasteiger partial charge on any atom is 0.240 e. The molecule has 22 heavy (non-hydrogen) atoms. The van der Waals surface area contributed by atoms with Gasteiger partial charge in [0.15, 0.2) is 0 Å². The van der Waals surface area contributed by atoms with Gasteiger partial charge in [-0.05, 0) is 43.5 Å². The van der Waals surface area contributed by atoms with Crippen LogP contribution in [0, 0.1) is 6.92 Å². The first-order valence-electron chi connectivity index (χ1n) is 7.86. The predicted octanol–water partition coefficient (Wildman–Crippen LogP) is 2.59. The van der Waals surface area contributed by atoms with Crippen LogP contribution >= 0.6 is 0 Å². The van der Waals surface area contributed by atoms with E-state index < -0.39 is 10.0 Å². The number of unbranched alkanes of at least 4 members (excludes halogenated alkanes) is 2. The van der Waals surface area contributed by atoms with Crippen molar-refractivity contribution in [3.8, 4) is 0 Å². The van der Waals surface area contributed by atoms with Gasteiger partial charge in [-0.15, -0.1) is 0 Å². The lowest BCUT2D eigenvalue weighted by Crippen LogP contribution is -2.26. The zero-order valence-corrected chi connectivity index (χ0v) is 14.1. The predicted molar refractivity (Wildman–Crippen MR) is 87.5 cm³/mol. The standard InChI is InChI=1S/C16H24N2O3S/c1-3-4-5-10-17-22(20,21)14-8-9-15(13(2)12-14)18-11-6-7-16(18)19/h8-9,12,17H,3-7,10-11H2,1-2H3. The van der Waals surface area contributed by atoms with E-state index in [2.05, 4.69) is 11.6 Å². The fourth-order valence-electron chi connectivity index (χ4n) is 2.67. The molecule has 6 heteroatoms. The van der Waals surface area contributed by atoms with Gasteiger partial charge < -0.3 is 4.90 Å². The summed E-state index contributed by atoms with van der Waals surface area (Å²) in [6, 6.07) is 4.96. The monoisotopic (exact) mass is 324 g/mol. The number of nitrogens with one attached hydrogen (secondary N) is 1. The molecule has 1 aromatic rings. The molecule has 1 saturated heterocycles. The number of sulfonamides is 1. The Morgan fingerprint density at radius 2 is 2.05 bits per heavy atom. The van der Waals surface area contributed by atoms with Crippen molar-refractivity contribution in [2.24, 2.45) is 0 Å². The Labute approximate surface area is 132 Å². The summed E-state index contributed by atoms with van der Waals surface area (Å²) in [5.74, 6) is 0.108. The number of aryl methyl sites for hydroxylation is 1. The Hall–Kier alpha value is -1.40. The van der Waals surface area contributed by atoms with Crippen molar-refractivity contribution >= 4 is 21.6 Å². The average Bonchev–Trinajstić information content (AvgIpc) is 2.89. The van der Waals surface area contributed by atoms with E-state index >= 15 is 0 Å². The molecule has 1 aliphatic rings. The Bertz CT molecular complexity index is 641. The molecule has 2 rings (SSSR count). The molecule has 1 amide bonds. The highest BCUT2D eigenvalue weighted by Gasteiger charge is 2.24. The smallest absolute Gasteiger partial charge is 0.240 e. The quantitative estimate of drug-likeness (QED) is 0.784. The second-order valence-corrected chi connectivity index (χ2v) is 7.47. The Kier molecular flexibility index (Phi) is 5.58. The first-order valence-corrected chi connectivity index (χ1v) is 9.34. The van der Waals surface area contributed by atoms with Gasteiger partial charge in [0.2, 0.25) is 15.9 Å². The Balaban J connectivity index is 2.13. The van der Waals surface area contributed by atoms with Gasteiger partial charge in [-0.25, -0.2) is 13.1 Å². The van der Waals surface area contributed by atoms with E-state index in [1.54, 1.807) is 23.1 Å². The molecule has 1 N–H and O–H groups in total. The first-order chi connectivity index (χ1) is 10.5. The summed E-state index contributed by atoms with van der Waals surface area (Å²) < 4.78 is 27.1. The number of amides is 1. The van der Waals surface area contributed by atoms with Crippen molar-refractivity contribution in [2.75, 3.05) is 18.0 Å². The van der Waals surface area contributed by atoms with E-state index in [4.69, 9.17) is 0 Å². The number of hydrogen-bond acceptors (Lipinski definition) is 3. The van der Waals surface area contributed by atoms with Crippen molar-refractivity contribution in [1.82, 2.24) is 4.72 Å². The molecule has 0 bridgehead atoms. The summed E-state index contributed by atoms with van der Waals surface area (Å²) >= 11 is 0. The third kappa shape index (κ3) is 3.87. The van der Waals surface area contributed by atoms with Crippen molar-refractivity contribution in [3.05, 3.63) is 23.8 Å². The average molecular weight is 324 g/mol. The van der Waals surface area contributed by atoms with Crippen molar-refractivity contribution in [3.63, 3.8) is 0 Å². The number of anilines is 1. The molecule has 0 aliphatic carbocycles. The molecule has 0 saturated carbocycles. The number of carbonyl (C=O) groups excluding carboxylic acids is 1. The van der Waals surface area contributed by atoms with E-state index in [1.165, 1.54) is 0 Å². The zero-order valence-electron chi connectivity index (χ0n) is 13.3. The van der Waals surface area contributed by atoms with E-state index in [1.807, 2.05) is 6.92 Å². The van der Waals surface area contributed by atoms with Crippen LogP contribution in [0.15, 0.2) is 23.1 Å². The molecular formula is C16H24N2O3S. The molecule has 5 nitrogen and oxygen atoms in total. The molecule has 1 heterocycles. The third-order valence-corrected chi connectivity index (χ3v) is 5.37. The molecule has 1 fully saturated rings. The van der Waals surface area contributed by atoms with Gasteiger partial charge in [0.1, 0.15) is 0 Å². The van der Waals surface area contributed by atoms with Crippen LogP contribution in [-0.2, 0) is 14.8 Å². The maximum atomic E-state index is 12.3. The molecule has 0 radical (unpaired) electrons. The van der Waals surface area contributed by atoms with Crippen LogP contribution in [0.2, 0.25) is 0 Å². The number of carbonyl (C=O) groups is 1. The van der Waals surface area contributed by atoms with Gasteiger partial charge in [0.25, 0.3) is 0 Å². The highest BCUT2D eigenvalue weighted by atomic mass is 32.2. The van der Waals surface area contributed by atoms with Crippen LogP contribution in [0.25, 0.3) is 0 Å². The lowest BCUT2D eigenvalue weighted by molar-refractivity contribution is -0.117. The normalized spacial score (nSPS) is 15.5. The van der Waals surface area contributed by atoms with Crippen LogP contribution in [0.3, 0.4) is 0 Å². The molecule has 122 valence electrons. The SMILES string of the molecule is CCCCCNS(=O)(=O)c1ccc(N2CCCC2=O)c(C)c1. The van der Waals surface area contributed by atoms with E-state index in [-0.39, 0.29) is 10.8 Å². The fraction of sp³-hybridized carbons (Fsp3) is 0.562. The summed E-state index contributed by atoms with van der Waals surface area (Å²) in [7, 11) is -3.47. The maximum absolute atomic E-state index is 12.3. The van der Waals surface area contributed by atoms with Crippen molar-refractivity contribution in [1.29, 1.82) is 0 Å². The molecule has 0 atom stereocenters. The van der Waals surface area contributed by atoms with Crippen LogP contribution in [-0.4, -0.2) is 27.4 Å². The molecule has 1 aromatic carbocycles. The second-order valence-electron chi connectivity index (χ2n) is 5.70. The van der Waals surface area contributed by atoms with E-state index in [0.29, 0.717) is 19.5 Å². The topological polar surface area (TPSA) is 66.5 Å². The van der Waals surface area contributed by atoms with Crippen LogP contribution in [0.1, 0.15) is 44.6 Å². The number of nitrogens with zero attached hydrogens (tertiary/aromatic N) is 1. The molecule has 0 unspecified atom stereocenters. The molecule has 0 aromatic heterocycles. The van der Waals surface area contributed by atoms with Crippen LogP contribution < -0.4 is 9.62 Å². The van der Waals surface area contributed by atoms with Gasteiger partial charge in [0.05, 0.1) is 4.90 Å². The van der Waals surface area contributed by atoms with Crippen molar-refractivity contribution in [2.45, 2.75) is 50.8 Å². The zero-order chi connectivity index (χ0) is 16.2. The summed E-state index contributed by atoms with van der Waals surface area (Å²) in [4.78, 5) is 13.8. The summed E-state index contributed by atoms with van der Waals surface area (Å²) in [5, 5.41) is 0. The van der Waals surface area contributed by atoms with Gasteiger partial charge in [-0.2, -0.15) is 0 Å². The highest BCUT2D eigenvalue weighted by Crippen LogP contribution is 2.27. The minimum atomic E-state index is -3.47. The first kappa shape index (κ1) is 17.0. The van der Waals surface area contributed by atoms with Gasteiger partial charge >= 0.3 is 0 Å². The van der Waals surface area contributed by atoms with E-state index in [0.717, 1.165) is 36.9 Å². The Morgan fingerprint density at radius 3 is 2.64 bits per heavy atom.